The summed E-state index contributed by atoms with van der Waals surface area (Å²) in [5, 5.41) is 1.06. The van der Waals surface area contributed by atoms with Crippen molar-refractivity contribution in [2.24, 2.45) is 0 Å². The Bertz CT molecular complexity index is 1070. The van der Waals surface area contributed by atoms with E-state index < -0.39 is 0 Å². The second kappa shape index (κ2) is 7.89. The van der Waals surface area contributed by atoms with E-state index in [0.29, 0.717) is 5.82 Å². The molecule has 0 saturated carbocycles. The molecule has 4 aromatic rings. The highest BCUT2D eigenvalue weighted by Crippen LogP contribution is 2.30. The summed E-state index contributed by atoms with van der Waals surface area (Å²) in [6.07, 6.45) is 0.894. The Hall–Kier alpha value is -2.72. The molecule has 4 rings (SSSR count). The van der Waals surface area contributed by atoms with Crippen molar-refractivity contribution in [1.82, 2.24) is 15.0 Å². The predicted molar refractivity (Wildman–Crippen MR) is 114 cm³/mol. The Kier molecular flexibility index (Phi) is 5.16. The van der Waals surface area contributed by atoms with E-state index >= 15 is 0 Å². The van der Waals surface area contributed by atoms with Gasteiger partial charge in [0.25, 0.3) is 0 Å². The average Bonchev–Trinajstić information content (AvgIpc) is 2.74. The molecule has 0 saturated heterocycles. The number of nitrogens with zero attached hydrogens (tertiary/aromatic N) is 3. The van der Waals surface area contributed by atoms with E-state index in [2.05, 4.69) is 44.2 Å². The molecule has 0 aliphatic rings. The van der Waals surface area contributed by atoms with Gasteiger partial charge < -0.3 is 0 Å². The van der Waals surface area contributed by atoms with Gasteiger partial charge in [0.05, 0.1) is 11.2 Å². The first-order chi connectivity index (χ1) is 13.3. The Balaban J connectivity index is 1.88. The molecule has 0 aliphatic heterocycles. The van der Waals surface area contributed by atoms with Gasteiger partial charge in [0.1, 0.15) is 5.69 Å². The Labute approximate surface area is 163 Å². The van der Waals surface area contributed by atoms with Gasteiger partial charge in [0.15, 0.2) is 5.82 Å². The van der Waals surface area contributed by atoms with Crippen LogP contribution in [0.2, 0.25) is 0 Å². The van der Waals surface area contributed by atoms with Crippen LogP contribution in [0.15, 0.2) is 71.6 Å². The molecule has 2 heterocycles. The number of hydrogen-bond acceptors (Lipinski definition) is 4. The number of fused-ring (bicyclic) bond motifs is 1. The summed E-state index contributed by atoms with van der Waals surface area (Å²) in [6, 6.07) is 22.8. The van der Waals surface area contributed by atoms with Crippen LogP contribution >= 0.6 is 11.8 Å². The summed E-state index contributed by atoms with van der Waals surface area (Å²) >= 11 is 1.84. The second-order valence-corrected chi connectivity index (χ2v) is 7.58. The minimum Gasteiger partial charge on any atom is -0.250 e. The number of para-hydroxylation sites is 1. The third-order valence-corrected chi connectivity index (χ3v) is 5.33. The van der Waals surface area contributed by atoms with E-state index in [1.165, 1.54) is 4.90 Å². The number of aromatic nitrogens is 3. The highest BCUT2D eigenvalue weighted by atomic mass is 32.2. The summed E-state index contributed by atoms with van der Waals surface area (Å²) < 4.78 is 0. The number of rotatable bonds is 5. The maximum Gasteiger partial charge on any atom is 0.179 e. The van der Waals surface area contributed by atoms with Crippen LogP contribution in [0.25, 0.3) is 33.7 Å². The van der Waals surface area contributed by atoms with Crippen LogP contribution in [0, 0.1) is 0 Å². The molecule has 0 N–H and O–H groups in total. The lowest BCUT2D eigenvalue weighted by Gasteiger charge is -2.10. The van der Waals surface area contributed by atoms with Crippen LogP contribution in [-0.2, 0) is 6.42 Å². The zero-order chi connectivity index (χ0) is 18.6. The van der Waals surface area contributed by atoms with Gasteiger partial charge >= 0.3 is 0 Å². The molecule has 3 nitrogen and oxygen atoms in total. The lowest BCUT2D eigenvalue weighted by molar-refractivity contribution is 1.03. The minimum absolute atomic E-state index is 0.672. The lowest BCUT2D eigenvalue weighted by Crippen LogP contribution is -1.98. The molecule has 2 aromatic carbocycles. The molecule has 0 aliphatic carbocycles. The van der Waals surface area contributed by atoms with Crippen LogP contribution in [0.3, 0.4) is 0 Å². The second-order valence-electron chi connectivity index (χ2n) is 6.24. The van der Waals surface area contributed by atoms with Crippen LogP contribution in [-0.4, -0.2) is 20.7 Å². The molecule has 0 bridgehead atoms. The first kappa shape index (κ1) is 17.7. The molecule has 2 aromatic heterocycles. The SMILES string of the molecule is CCSc1ccc(-c2nc(-c3cccc(CC)n3)nc3ccccc23)cc1. The van der Waals surface area contributed by atoms with Gasteiger partial charge in [-0.2, -0.15) is 0 Å². The molecule has 0 atom stereocenters. The average molecular weight is 372 g/mol. The van der Waals surface area contributed by atoms with Crippen LogP contribution in [0.5, 0.6) is 0 Å². The largest absolute Gasteiger partial charge is 0.250 e. The molecular formula is C23H21N3S. The molecule has 134 valence electrons. The lowest BCUT2D eigenvalue weighted by atomic mass is 10.1. The Morgan fingerprint density at radius 2 is 1.59 bits per heavy atom. The first-order valence-electron chi connectivity index (χ1n) is 9.24. The fraction of sp³-hybridized carbons (Fsp3) is 0.174. The Morgan fingerprint density at radius 1 is 0.778 bits per heavy atom. The zero-order valence-corrected chi connectivity index (χ0v) is 16.3. The molecule has 0 fully saturated rings. The quantitative estimate of drug-likeness (QED) is 0.401. The fourth-order valence-electron chi connectivity index (χ4n) is 3.09. The van der Waals surface area contributed by atoms with E-state index in [1.807, 2.05) is 48.2 Å². The third kappa shape index (κ3) is 3.71. The van der Waals surface area contributed by atoms with Gasteiger partial charge in [-0.3, -0.25) is 0 Å². The number of aryl methyl sites for hydroxylation is 1. The van der Waals surface area contributed by atoms with Crippen molar-refractivity contribution >= 4 is 22.7 Å². The molecule has 0 unspecified atom stereocenters. The summed E-state index contributed by atoms with van der Waals surface area (Å²) in [5.74, 6) is 1.74. The number of hydrogen-bond donors (Lipinski definition) is 0. The normalized spacial score (nSPS) is 11.0. The highest BCUT2D eigenvalue weighted by molar-refractivity contribution is 7.99. The van der Waals surface area contributed by atoms with Crippen molar-refractivity contribution in [3.8, 4) is 22.8 Å². The van der Waals surface area contributed by atoms with E-state index in [9.17, 15) is 0 Å². The van der Waals surface area contributed by atoms with E-state index in [-0.39, 0.29) is 0 Å². The smallest absolute Gasteiger partial charge is 0.179 e. The molecular weight excluding hydrogens is 350 g/mol. The van der Waals surface area contributed by atoms with Gasteiger partial charge in [0, 0.05) is 21.5 Å². The van der Waals surface area contributed by atoms with Gasteiger partial charge in [0.2, 0.25) is 0 Å². The predicted octanol–water partition coefficient (Wildman–Crippen LogP) is 6.03. The van der Waals surface area contributed by atoms with Crippen LogP contribution < -0.4 is 0 Å². The molecule has 4 heteroatoms. The summed E-state index contributed by atoms with van der Waals surface area (Å²) in [6.45, 7) is 4.27. The van der Waals surface area contributed by atoms with Crippen molar-refractivity contribution < 1.29 is 0 Å². The zero-order valence-electron chi connectivity index (χ0n) is 15.5. The van der Waals surface area contributed by atoms with Gasteiger partial charge in [-0.05, 0) is 42.5 Å². The topological polar surface area (TPSA) is 38.7 Å². The van der Waals surface area contributed by atoms with E-state index in [1.54, 1.807) is 0 Å². The molecule has 27 heavy (non-hydrogen) atoms. The fourth-order valence-corrected chi connectivity index (χ4v) is 3.75. The Morgan fingerprint density at radius 3 is 2.37 bits per heavy atom. The molecule has 0 amide bonds. The van der Waals surface area contributed by atoms with E-state index in [4.69, 9.17) is 15.0 Å². The van der Waals surface area contributed by atoms with Gasteiger partial charge in [-0.15, -0.1) is 11.8 Å². The van der Waals surface area contributed by atoms with Crippen molar-refractivity contribution in [2.45, 2.75) is 25.2 Å². The van der Waals surface area contributed by atoms with Crippen LogP contribution in [0.4, 0.5) is 0 Å². The molecule has 0 spiro atoms. The number of thioether (sulfide) groups is 1. The van der Waals surface area contributed by atoms with E-state index in [0.717, 1.165) is 45.7 Å². The maximum atomic E-state index is 4.91. The first-order valence-corrected chi connectivity index (χ1v) is 10.2. The monoisotopic (exact) mass is 371 g/mol. The van der Waals surface area contributed by atoms with Gasteiger partial charge in [-0.25, -0.2) is 15.0 Å². The van der Waals surface area contributed by atoms with Crippen molar-refractivity contribution in [3.05, 3.63) is 72.4 Å². The van der Waals surface area contributed by atoms with Crippen molar-refractivity contribution in [1.29, 1.82) is 0 Å². The standard InChI is InChI=1S/C23H21N3S/c1-3-17-8-7-11-21(24-17)23-25-20-10-6-5-9-19(20)22(26-23)16-12-14-18(15-13-16)27-4-2/h5-15H,3-4H2,1-2H3. The number of pyridine rings is 1. The maximum absolute atomic E-state index is 4.91. The number of benzene rings is 2. The minimum atomic E-state index is 0.672. The van der Waals surface area contributed by atoms with Gasteiger partial charge in [-0.1, -0.05) is 50.2 Å². The third-order valence-electron chi connectivity index (χ3n) is 4.44. The molecule has 0 radical (unpaired) electrons. The highest BCUT2D eigenvalue weighted by Gasteiger charge is 2.12. The van der Waals surface area contributed by atoms with Crippen molar-refractivity contribution in [2.75, 3.05) is 5.75 Å². The van der Waals surface area contributed by atoms with Crippen molar-refractivity contribution in [3.63, 3.8) is 0 Å². The van der Waals surface area contributed by atoms with Crippen LogP contribution in [0.1, 0.15) is 19.5 Å². The summed E-state index contributed by atoms with van der Waals surface area (Å²) in [4.78, 5) is 15.7. The summed E-state index contributed by atoms with van der Waals surface area (Å²) in [5.41, 5.74) is 4.86. The summed E-state index contributed by atoms with van der Waals surface area (Å²) in [7, 11) is 0.